The molecule has 0 saturated carbocycles. The molecular formula is C58H111NO5. The van der Waals surface area contributed by atoms with Crippen LogP contribution >= 0.6 is 0 Å². The topological polar surface area (TPSA) is 95.9 Å². The second kappa shape index (κ2) is 54.0. The van der Waals surface area contributed by atoms with Gasteiger partial charge in [-0.3, -0.25) is 9.59 Å². The van der Waals surface area contributed by atoms with Crippen LogP contribution in [0.5, 0.6) is 0 Å². The van der Waals surface area contributed by atoms with Crippen LogP contribution in [0.15, 0.2) is 24.3 Å². The van der Waals surface area contributed by atoms with Crippen molar-refractivity contribution >= 4 is 11.9 Å². The number of aliphatic hydroxyl groups excluding tert-OH is 2. The van der Waals surface area contributed by atoms with E-state index in [1.165, 1.54) is 218 Å². The molecule has 2 atom stereocenters. The Kier molecular flexibility index (Phi) is 52.6. The fraction of sp³-hybridized carbons (Fsp3) is 0.897. The van der Waals surface area contributed by atoms with Gasteiger partial charge in [0, 0.05) is 12.8 Å². The normalized spacial score (nSPS) is 12.8. The monoisotopic (exact) mass is 902 g/mol. The van der Waals surface area contributed by atoms with E-state index in [2.05, 4.69) is 43.5 Å². The number of allylic oxidation sites excluding steroid dienone is 4. The Labute approximate surface area is 399 Å². The molecule has 0 fully saturated rings. The molecule has 2 unspecified atom stereocenters. The van der Waals surface area contributed by atoms with Gasteiger partial charge in [-0.05, 0) is 57.8 Å². The van der Waals surface area contributed by atoms with Gasteiger partial charge in [0.2, 0.25) is 5.91 Å². The minimum Gasteiger partial charge on any atom is -0.466 e. The second-order valence-electron chi connectivity index (χ2n) is 19.6. The lowest BCUT2D eigenvalue weighted by atomic mass is 10.0. The summed E-state index contributed by atoms with van der Waals surface area (Å²) in [6.07, 6.45) is 64.4. The maximum Gasteiger partial charge on any atom is 0.305 e. The third kappa shape index (κ3) is 49.8. The van der Waals surface area contributed by atoms with E-state index in [0.717, 1.165) is 57.8 Å². The van der Waals surface area contributed by atoms with E-state index in [9.17, 15) is 19.8 Å². The fourth-order valence-corrected chi connectivity index (χ4v) is 8.85. The van der Waals surface area contributed by atoms with Gasteiger partial charge < -0.3 is 20.3 Å². The van der Waals surface area contributed by atoms with Crippen molar-refractivity contribution in [2.75, 3.05) is 13.2 Å². The van der Waals surface area contributed by atoms with Gasteiger partial charge in [0.15, 0.2) is 0 Å². The van der Waals surface area contributed by atoms with Gasteiger partial charge in [-0.2, -0.15) is 0 Å². The zero-order valence-electron chi connectivity index (χ0n) is 43.0. The summed E-state index contributed by atoms with van der Waals surface area (Å²) in [6.45, 7) is 4.92. The summed E-state index contributed by atoms with van der Waals surface area (Å²) in [7, 11) is 0. The summed E-state index contributed by atoms with van der Waals surface area (Å²) in [4.78, 5) is 24.5. The van der Waals surface area contributed by atoms with E-state index in [-0.39, 0.29) is 18.5 Å². The number of carbonyl (C=O) groups excluding carboxylic acids is 2. The van der Waals surface area contributed by atoms with Crippen molar-refractivity contribution < 1.29 is 24.5 Å². The van der Waals surface area contributed by atoms with E-state index in [1.807, 2.05) is 0 Å². The zero-order valence-corrected chi connectivity index (χ0v) is 43.0. The van der Waals surface area contributed by atoms with Gasteiger partial charge in [-0.1, -0.05) is 263 Å². The number of hydrogen-bond acceptors (Lipinski definition) is 5. The van der Waals surface area contributed by atoms with E-state index < -0.39 is 12.1 Å². The molecule has 6 nitrogen and oxygen atoms in total. The van der Waals surface area contributed by atoms with E-state index in [0.29, 0.717) is 25.9 Å². The van der Waals surface area contributed by atoms with Crippen LogP contribution in [0.2, 0.25) is 0 Å². The minimum atomic E-state index is -0.670. The first kappa shape index (κ1) is 62.3. The van der Waals surface area contributed by atoms with Crippen molar-refractivity contribution in [2.45, 2.75) is 321 Å². The van der Waals surface area contributed by atoms with Gasteiger partial charge in [0.1, 0.15) is 0 Å². The molecule has 6 heteroatoms. The number of carbonyl (C=O) groups is 2. The van der Waals surface area contributed by atoms with Crippen LogP contribution in [0.4, 0.5) is 0 Å². The average molecular weight is 903 g/mol. The number of rotatable bonds is 53. The smallest absolute Gasteiger partial charge is 0.305 e. The molecular weight excluding hydrogens is 791 g/mol. The summed E-state index contributed by atoms with van der Waals surface area (Å²) in [5, 5.41) is 23.3. The summed E-state index contributed by atoms with van der Waals surface area (Å²) in [5.74, 6) is -0.0550. The SMILES string of the molecule is CCCCC/C=C\C/C=C\CCCCCCCC(=O)OCCCCCCCCCCCCCCCCCC(=O)NC(CO)C(O)CCCCCCCCCCCCCCCCCCC. The lowest BCUT2D eigenvalue weighted by Crippen LogP contribution is -2.45. The summed E-state index contributed by atoms with van der Waals surface area (Å²) in [5.41, 5.74) is 0. The molecule has 1 amide bonds. The molecule has 378 valence electrons. The quantitative estimate of drug-likeness (QED) is 0.0321. The maximum absolute atomic E-state index is 12.5. The zero-order chi connectivity index (χ0) is 46.5. The standard InChI is InChI=1S/C58H111NO5/c1-3-5-7-9-11-13-15-17-19-20-23-26-30-34-38-42-46-50-56(61)55(54-60)59-57(62)51-47-43-39-35-31-27-24-21-25-29-33-37-41-45-49-53-64-58(63)52-48-44-40-36-32-28-22-18-16-14-12-10-8-6-4-2/h12,14,18,22,55-56,60-61H,3-11,13,15-17,19-21,23-54H2,1-2H3,(H,59,62)/b14-12-,22-18-. The average Bonchev–Trinajstić information content (AvgIpc) is 3.29. The van der Waals surface area contributed by atoms with Crippen LogP contribution in [0.3, 0.4) is 0 Å². The van der Waals surface area contributed by atoms with Gasteiger partial charge >= 0.3 is 5.97 Å². The molecule has 0 aliphatic rings. The van der Waals surface area contributed by atoms with Crippen molar-refractivity contribution in [3.05, 3.63) is 24.3 Å². The molecule has 3 N–H and O–H groups in total. The number of unbranched alkanes of at least 4 members (excludes halogenated alkanes) is 38. The lowest BCUT2D eigenvalue weighted by molar-refractivity contribution is -0.143. The molecule has 0 radical (unpaired) electrons. The predicted octanol–water partition coefficient (Wildman–Crippen LogP) is 17.5. The van der Waals surface area contributed by atoms with Crippen molar-refractivity contribution in [1.82, 2.24) is 5.32 Å². The summed E-state index contributed by atoms with van der Waals surface area (Å²) < 4.78 is 5.47. The Hall–Kier alpha value is -1.66. The number of ether oxygens (including phenoxy) is 1. The molecule has 0 rings (SSSR count). The molecule has 0 aromatic heterocycles. The molecule has 0 heterocycles. The Morgan fingerprint density at radius 3 is 1.22 bits per heavy atom. The van der Waals surface area contributed by atoms with Crippen LogP contribution < -0.4 is 5.32 Å². The van der Waals surface area contributed by atoms with Crippen molar-refractivity contribution in [3.63, 3.8) is 0 Å². The first-order chi connectivity index (χ1) is 31.5. The Balaban J connectivity index is 3.44. The highest BCUT2D eigenvalue weighted by Crippen LogP contribution is 2.17. The van der Waals surface area contributed by atoms with Crippen LogP contribution in [0, 0.1) is 0 Å². The molecule has 0 bridgehead atoms. The third-order valence-electron chi connectivity index (χ3n) is 13.3. The van der Waals surface area contributed by atoms with E-state index >= 15 is 0 Å². The van der Waals surface area contributed by atoms with Crippen molar-refractivity contribution in [3.8, 4) is 0 Å². The van der Waals surface area contributed by atoms with Gasteiger partial charge in [0.25, 0.3) is 0 Å². The minimum absolute atomic E-state index is 0.0129. The number of esters is 1. The third-order valence-corrected chi connectivity index (χ3v) is 13.3. The van der Waals surface area contributed by atoms with Crippen LogP contribution in [-0.2, 0) is 14.3 Å². The fourth-order valence-electron chi connectivity index (χ4n) is 8.85. The van der Waals surface area contributed by atoms with E-state index in [1.54, 1.807) is 0 Å². The summed E-state index contributed by atoms with van der Waals surface area (Å²) in [6, 6.07) is -0.548. The van der Waals surface area contributed by atoms with Crippen LogP contribution in [0.25, 0.3) is 0 Å². The van der Waals surface area contributed by atoms with Crippen LogP contribution in [0.1, 0.15) is 309 Å². The lowest BCUT2D eigenvalue weighted by Gasteiger charge is -2.22. The molecule has 0 aromatic carbocycles. The highest BCUT2D eigenvalue weighted by molar-refractivity contribution is 5.76. The molecule has 0 aromatic rings. The number of hydrogen-bond donors (Lipinski definition) is 3. The highest BCUT2D eigenvalue weighted by Gasteiger charge is 2.20. The Morgan fingerprint density at radius 1 is 0.438 bits per heavy atom. The highest BCUT2D eigenvalue weighted by atomic mass is 16.5. The second-order valence-corrected chi connectivity index (χ2v) is 19.6. The number of amides is 1. The summed E-state index contributed by atoms with van der Waals surface area (Å²) >= 11 is 0. The van der Waals surface area contributed by atoms with Crippen molar-refractivity contribution in [1.29, 1.82) is 0 Å². The van der Waals surface area contributed by atoms with Gasteiger partial charge in [0.05, 0.1) is 25.4 Å². The first-order valence-electron chi connectivity index (χ1n) is 28.6. The molecule has 0 saturated heterocycles. The van der Waals surface area contributed by atoms with Gasteiger partial charge in [-0.15, -0.1) is 0 Å². The molecule has 0 spiro atoms. The first-order valence-corrected chi connectivity index (χ1v) is 28.6. The molecule has 0 aliphatic carbocycles. The Morgan fingerprint density at radius 2 is 0.781 bits per heavy atom. The number of aliphatic hydroxyl groups is 2. The predicted molar refractivity (Wildman–Crippen MR) is 278 cm³/mol. The molecule has 64 heavy (non-hydrogen) atoms. The molecule has 0 aliphatic heterocycles. The van der Waals surface area contributed by atoms with E-state index in [4.69, 9.17) is 4.74 Å². The van der Waals surface area contributed by atoms with Crippen molar-refractivity contribution in [2.24, 2.45) is 0 Å². The maximum atomic E-state index is 12.5. The number of nitrogens with one attached hydrogen (secondary N) is 1. The largest absolute Gasteiger partial charge is 0.466 e. The van der Waals surface area contributed by atoms with Gasteiger partial charge in [-0.25, -0.2) is 0 Å². The van der Waals surface area contributed by atoms with Crippen LogP contribution in [-0.4, -0.2) is 47.4 Å². The Bertz CT molecular complexity index is 997.